The van der Waals surface area contributed by atoms with E-state index in [2.05, 4.69) is 37.8 Å². The Kier molecular flexibility index (Phi) is 4.52. The molecule has 0 aromatic carbocycles. The molecule has 1 heterocycles. The Morgan fingerprint density at radius 2 is 1.90 bits per heavy atom. The van der Waals surface area contributed by atoms with E-state index in [0.717, 1.165) is 37.4 Å². The summed E-state index contributed by atoms with van der Waals surface area (Å²) in [5, 5.41) is 4.15. The predicted octanol–water partition coefficient (Wildman–Crippen LogP) is 3.80. The quantitative estimate of drug-likeness (QED) is 0.910. The minimum absolute atomic E-state index is 0.334. The van der Waals surface area contributed by atoms with Crippen molar-refractivity contribution in [1.29, 1.82) is 0 Å². The zero-order chi connectivity index (χ0) is 14.8. The fourth-order valence-electron chi connectivity index (χ4n) is 3.36. The van der Waals surface area contributed by atoms with Crippen LogP contribution in [0.2, 0.25) is 0 Å². The molecule has 0 radical (unpaired) electrons. The molecule has 0 amide bonds. The van der Waals surface area contributed by atoms with Gasteiger partial charge in [-0.2, -0.15) is 4.98 Å². The van der Waals surface area contributed by atoms with Gasteiger partial charge in [0.2, 0.25) is 5.89 Å². The van der Waals surface area contributed by atoms with Gasteiger partial charge in [0, 0.05) is 6.42 Å². The largest absolute Gasteiger partial charge is 0.339 e. The normalized spacial score (nSPS) is 20.9. The van der Waals surface area contributed by atoms with Crippen LogP contribution in [0.3, 0.4) is 0 Å². The van der Waals surface area contributed by atoms with Crippen molar-refractivity contribution in [1.82, 2.24) is 10.1 Å². The number of nitrogens with zero attached hydrogens (tertiary/aromatic N) is 2. The van der Waals surface area contributed by atoms with Crippen LogP contribution in [0.25, 0.3) is 0 Å². The molecule has 1 aromatic rings. The molecule has 2 N–H and O–H groups in total. The maximum absolute atomic E-state index is 6.44. The number of hydrogen-bond donors (Lipinski definition) is 1. The van der Waals surface area contributed by atoms with Gasteiger partial charge in [-0.3, -0.25) is 0 Å². The SMILES string of the molecule is CC(Cc1nc(C2(N)CCCCC2)no1)CC(C)(C)C. The molecule has 2 rings (SSSR count). The molecule has 0 saturated heterocycles. The van der Waals surface area contributed by atoms with Crippen LogP contribution in [0.5, 0.6) is 0 Å². The van der Waals surface area contributed by atoms with E-state index in [1.807, 2.05) is 0 Å². The first-order valence-electron chi connectivity index (χ1n) is 7.90. The van der Waals surface area contributed by atoms with E-state index in [0.29, 0.717) is 11.3 Å². The summed E-state index contributed by atoms with van der Waals surface area (Å²) >= 11 is 0. The Labute approximate surface area is 122 Å². The highest BCUT2D eigenvalue weighted by Gasteiger charge is 2.34. The van der Waals surface area contributed by atoms with Crippen LogP contribution in [-0.4, -0.2) is 10.1 Å². The van der Waals surface area contributed by atoms with Crippen molar-refractivity contribution in [3.05, 3.63) is 11.7 Å². The number of aromatic nitrogens is 2. The van der Waals surface area contributed by atoms with Crippen LogP contribution < -0.4 is 5.73 Å². The number of rotatable bonds is 4. The van der Waals surface area contributed by atoms with E-state index in [-0.39, 0.29) is 5.54 Å². The third-order valence-corrected chi connectivity index (χ3v) is 4.14. The van der Waals surface area contributed by atoms with Crippen LogP contribution in [0.4, 0.5) is 0 Å². The van der Waals surface area contributed by atoms with Crippen molar-refractivity contribution in [2.75, 3.05) is 0 Å². The summed E-state index contributed by atoms with van der Waals surface area (Å²) in [4.78, 5) is 4.57. The molecule has 4 heteroatoms. The molecule has 1 atom stereocenters. The van der Waals surface area contributed by atoms with E-state index in [1.54, 1.807) is 0 Å². The molecule has 20 heavy (non-hydrogen) atoms. The molecule has 0 aliphatic heterocycles. The van der Waals surface area contributed by atoms with Crippen molar-refractivity contribution in [2.24, 2.45) is 17.1 Å². The van der Waals surface area contributed by atoms with Crippen LogP contribution >= 0.6 is 0 Å². The van der Waals surface area contributed by atoms with Crippen molar-refractivity contribution in [3.8, 4) is 0 Å². The Morgan fingerprint density at radius 1 is 1.25 bits per heavy atom. The molecule has 114 valence electrons. The summed E-state index contributed by atoms with van der Waals surface area (Å²) in [6.07, 6.45) is 7.56. The summed E-state index contributed by atoms with van der Waals surface area (Å²) in [6, 6.07) is 0. The lowest BCUT2D eigenvalue weighted by Gasteiger charge is -2.29. The van der Waals surface area contributed by atoms with Crippen LogP contribution in [0.15, 0.2) is 4.52 Å². The third-order valence-electron chi connectivity index (χ3n) is 4.14. The van der Waals surface area contributed by atoms with E-state index < -0.39 is 0 Å². The van der Waals surface area contributed by atoms with Crippen LogP contribution in [0.1, 0.15) is 77.9 Å². The first-order valence-corrected chi connectivity index (χ1v) is 7.90. The Bertz CT molecular complexity index is 427. The lowest BCUT2D eigenvalue weighted by molar-refractivity contribution is 0.267. The van der Waals surface area contributed by atoms with Gasteiger partial charge in [-0.25, -0.2) is 0 Å². The number of nitrogens with two attached hydrogens (primary N) is 1. The molecule has 0 spiro atoms. The van der Waals surface area contributed by atoms with E-state index in [1.165, 1.54) is 19.3 Å². The highest BCUT2D eigenvalue weighted by atomic mass is 16.5. The molecule has 1 aromatic heterocycles. The predicted molar refractivity (Wildman–Crippen MR) is 80.2 cm³/mol. The van der Waals surface area contributed by atoms with Gasteiger partial charge in [0.1, 0.15) is 0 Å². The first-order chi connectivity index (χ1) is 9.28. The second kappa shape index (κ2) is 5.84. The van der Waals surface area contributed by atoms with Crippen molar-refractivity contribution >= 4 is 0 Å². The molecule has 1 unspecified atom stereocenters. The monoisotopic (exact) mass is 279 g/mol. The lowest BCUT2D eigenvalue weighted by atomic mass is 9.82. The van der Waals surface area contributed by atoms with Crippen LogP contribution in [-0.2, 0) is 12.0 Å². The first kappa shape index (κ1) is 15.5. The molecular weight excluding hydrogens is 250 g/mol. The zero-order valence-electron chi connectivity index (χ0n) is 13.4. The lowest BCUT2D eigenvalue weighted by Crippen LogP contribution is -2.39. The molecule has 0 bridgehead atoms. The van der Waals surface area contributed by atoms with E-state index in [4.69, 9.17) is 10.3 Å². The molecular formula is C16H29N3O. The fourth-order valence-corrected chi connectivity index (χ4v) is 3.36. The molecule has 1 aliphatic carbocycles. The molecule has 1 saturated carbocycles. The van der Waals surface area contributed by atoms with Gasteiger partial charge in [0.25, 0.3) is 0 Å². The van der Waals surface area contributed by atoms with E-state index >= 15 is 0 Å². The second-order valence-corrected chi connectivity index (χ2v) is 7.80. The zero-order valence-corrected chi connectivity index (χ0v) is 13.4. The van der Waals surface area contributed by atoms with Gasteiger partial charge in [0.05, 0.1) is 5.54 Å². The summed E-state index contributed by atoms with van der Waals surface area (Å²) in [7, 11) is 0. The average molecular weight is 279 g/mol. The average Bonchev–Trinajstić information content (AvgIpc) is 2.76. The fraction of sp³-hybridized carbons (Fsp3) is 0.875. The van der Waals surface area contributed by atoms with Crippen molar-refractivity contribution < 1.29 is 4.52 Å². The van der Waals surface area contributed by atoms with E-state index in [9.17, 15) is 0 Å². The molecule has 4 nitrogen and oxygen atoms in total. The van der Waals surface area contributed by atoms with Gasteiger partial charge >= 0.3 is 0 Å². The van der Waals surface area contributed by atoms with Gasteiger partial charge in [-0.05, 0) is 30.6 Å². The Balaban J connectivity index is 1.98. The summed E-state index contributed by atoms with van der Waals surface area (Å²) in [5.74, 6) is 2.01. The third kappa shape index (κ3) is 4.05. The molecule has 1 fully saturated rings. The standard InChI is InChI=1S/C16H29N3O/c1-12(11-15(2,3)4)10-13-18-14(19-20-13)16(17)8-6-5-7-9-16/h12H,5-11,17H2,1-4H3. The van der Waals surface area contributed by atoms with Crippen molar-refractivity contribution in [3.63, 3.8) is 0 Å². The smallest absolute Gasteiger partial charge is 0.226 e. The van der Waals surface area contributed by atoms with Gasteiger partial charge in [-0.1, -0.05) is 52.1 Å². The van der Waals surface area contributed by atoms with Crippen molar-refractivity contribution in [2.45, 2.75) is 78.2 Å². The topological polar surface area (TPSA) is 64.9 Å². The molecule has 1 aliphatic rings. The van der Waals surface area contributed by atoms with Gasteiger partial charge in [-0.15, -0.1) is 0 Å². The van der Waals surface area contributed by atoms with Crippen LogP contribution in [0, 0.1) is 11.3 Å². The summed E-state index contributed by atoms with van der Waals surface area (Å²) in [5.41, 5.74) is 6.42. The maximum Gasteiger partial charge on any atom is 0.226 e. The highest BCUT2D eigenvalue weighted by Crippen LogP contribution is 2.33. The minimum atomic E-state index is -0.354. The summed E-state index contributed by atoms with van der Waals surface area (Å²) < 4.78 is 5.43. The Hall–Kier alpha value is -0.900. The van der Waals surface area contributed by atoms with Gasteiger partial charge in [0.15, 0.2) is 5.82 Å². The second-order valence-electron chi connectivity index (χ2n) is 7.80. The minimum Gasteiger partial charge on any atom is -0.339 e. The maximum atomic E-state index is 6.44. The highest BCUT2D eigenvalue weighted by molar-refractivity contribution is 5.05. The number of hydrogen-bond acceptors (Lipinski definition) is 4. The van der Waals surface area contributed by atoms with Gasteiger partial charge < -0.3 is 10.3 Å². The Morgan fingerprint density at radius 3 is 2.50 bits per heavy atom. The summed E-state index contributed by atoms with van der Waals surface area (Å²) in [6.45, 7) is 9.03.